The maximum atomic E-state index is 12.4. The lowest BCUT2D eigenvalue weighted by atomic mass is 9.87. The molecule has 0 aliphatic carbocycles. The average molecular weight is 422 g/mol. The smallest absolute Gasteiger partial charge is 0.256 e. The van der Waals surface area contributed by atoms with Gasteiger partial charge in [-0.3, -0.25) is 9.59 Å². The van der Waals surface area contributed by atoms with Crippen molar-refractivity contribution in [3.05, 3.63) is 94.1 Å². The van der Waals surface area contributed by atoms with Gasteiger partial charge in [0, 0.05) is 23.9 Å². The first-order chi connectivity index (χ1) is 14.2. The van der Waals surface area contributed by atoms with Crippen molar-refractivity contribution in [1.29, 1.82) is 0 Å². The summed E-state index contributed by atoms with van der Waals surface area (Å²) in [5, 5.41) is 6.12. The molecule has 3 rings (SSSR count). The van der Waals surface area contributed by atoms with Crippen LogP contribution >= 0.6 is 11.6 Å². The van der Waals surface area contributed by atoms with Gasteiger partial charge >= 0.3 is 0 Å². The van der Waals surface area contributed by atoms with Crippen molar-refractivity contribution in [2.45, 2.75) is 32.7 Å². The first-order valence-electron chi connectivity index (χ1n) is 9.63. The Bertz CT molecular complexity index is 1020. The normalized spacial score (nSPS) is 11.1. The van der Waals surface area contributed by atoms with E-state index in [1.54, 1.807) is 24.3 Å². The molecule has 0 bridgehead atoms. The summed E-state index contributed by atoms with van der Waals surface area (Å²) in [5.74, 6) is 0.0312. The van der Waals surface area contributed by atoms with Gasteiger partial charge in [-0.15, -0.1) is 0 Å². The third-order valence-electron chi connectivity index (χ3n) is 4.65. The van der Waals surface area contributed by atoms with Gasteiger partial charge in [-0.05, 0) is 52.9 Å². The molecule has 0 radical (unpaired) electrons. The molecule has 0 unspecified atom stereocenters. The third kappa shape index (κ3) is 5.67. The summed E-state index contributed by atoms with van der Waals surface area (Å²) in [6.07, 6.45) is 1.47. The van der Waals surface area contributed by atoms with Gasteiger partial charge < -0.3 is 10.6 Å². The highest BCUT2D eigenvalue weighted by Gasteiger charge is 2.14. The molecule has 3 aromatic rings. The molecule has 0 saturated carbocycles. The summed E-state index contributed by atoms with van der Waals surface area (Å²) in [6, 6.07) is 18.0. The largest absolute Gasteiger partial charge is 0.348 e. The van der Waals surface area contributed by atoms with E-state index in [9.17, 15) is 9.59 Å². The Hall–Kier alpha value is -3.18. The molecule has 1 heterocycles. The van der Waals surface area contributed by atoms with Crippen LogP contribution in [0.15, 0.2) is 66.9 Å². The number of rotatable bonds is 5. The predicted octanol–water partition coefficient (Wildman–Crippen LogP) is 5.21. The van der Waals surface area contributed by atoms with E-state index in [4.69, 9.17) is 11.6 Å². The van der Waals surface area contributed by atoms with Crippen LogP contribution in [0.3, 0.4) is 0 Å². The SMILES string of the molecule is CC(C)(C)c1ccc(C(=O)NCc2ccc(C(=O)Nc3ccc(Cl)cn3)cc2)cc1. The molecule has 0 fully saturated rings. The minimum Gasteiger partial charge on any atom is -0.348 e. The van der Waals surface area contributed by atoms with E-state index in [0.717, 1.165) is 5.56 Å². The summed E-state index contributed by atoms with van der Waals surface area (Å²) in [5.41, 5.74) is 3.25. The van der Waals surface area contributed by atoms with Crippen molar-refractivity contribution in [2.24, 2.45) is 0 Å². The number of carbonyl (C=O) groups is 2. The number of nitrogens with one attached hydrogen (secondary N) is 2. The average Bonchev–Trinajstić information content (AvgIpc) is 2.73. The summed E-state index contributed by atoms with van der Waals surface area (Å²) >= 11 is 5.79. The second-order valence-corrected chi connectivity index (χ2v) is 8.46. The van der Waals surface area contributed by atoms with Gasteiger partial charge in [0.2, 0.25) is 0 Å². The summed E-state index contributed by atoms with van der Waals surface area (Å²) < 4.78 is 0. The molecule has 2 N–H and O–H groups in total. The molecule has 6 heteroatoms. The maximum absolute atomic E-state index is 12.4. The van der Waals surface area contributed by atoms with Gasteiger partial charge in [0.1, 0.15) is 5.82 Å². The minimum absolute atomic E-state index is 0.0483. The quantitative estimate of drug-likeness (QED) is 0.593. The number of hydrogen-bond acceptors (Lipinski definition) is 3. The summed E-state index contributed by atoms with van der Waals surface area (Å²) in [6.45, 7) is 6.79. The monoisotopic (exact) mass is 421 g/mol. The van der Waals surface area contributed by atoms with E-state index in [1.807, 2.05) is 36.4 Å². The zero-order valence-corrected chi connectivity index (χ0v) is 18.0. The molecule has 2 amide bonds. The molecule has 0 atom stereocenters. The van der Waals surface area contributed by atoms with E-state index in [-0.39, 0.29) is 17.2 Å². The molecule has 5 nitrogen and oxygen atoms in total. The lowest BCUT2D eigenvalue weighted by Crippen LogP contribution is -2.23. The van der Waals surface area contributed by atoms with Gasteiger partial charge in [-0.2, -0.15) is 0 Å². The lowest BCUT2D eigenvalue weighted by molar-refractivity contribution is 0.0949. The van der Waals surface area contributed by atoms with Crippen LogP contribution in [0.4, 0.5) is 5.82 Å². The van der Waals surface area contributed by atoms with Crippen molar-refractivity contribution in [1.82, 2.24) is 10.3 Å². The molecule has 154 valence electrons. The Kier molecular flexibility index (Phi) is 6.53. The number of hydrogen-bond donors (Lipinski definition) is 2. The maximum Gasteiger partial charge on any atom is 0.256 e. The van der Waals surface area contributed by atoms with Gasteiger partial charge in [0.25, 0.3) is 11.8 Å². The highest BCUT2D eigenvalue weighted by molar-refractivity contribution is 6.30. The topological polar surface area (TPSA) is 71.1 Å². The van der Waals surface area contributed by atoms with E-state index in [2.05, 4.69) is 36.4 Å². The Labute approximate surface area is 181 Å². The molecular formula is C24H24ClN3O2. The molecule has 2 aromatic carbocycles. The third-order valence-corrected chi connectivity index (χ3v) is 4.87. The van der Waals surface area contributed by atoms with Crippen LogP contribution in [-0.4, -0.2) is 16.8 Å². The van der Waals surface area contributed by atoms with Crippen LogP contribution in [0.1, 0.15) is 52.6 Å². The van der Waals surface area contributed by atoms with Crippen molar-refractivity contribution >= 4 is 29.2 Å². The number of aromatic nitrogens is 1. The number of pyridine rings is 1. The Morgan fingerprint density at radius 1 is 0.867 bits per heavy atom. The fraction of sp³-hybridized carbons (Fsp3) is 0.208. The molecule has 30 heavy (non-hydrogen) atoms. The summed E-state index contributed by atoms with van der Waals surface area (Å²) in [7, 11) is 0. The van der Waals surface area contributed by atoms with Gasteiger partial charge in [-0.25, -0.2) is 4.98 Å². The van der Waals surface area contributed by atoms with Crippen LogP contribution in [0.2, 0.25) is 5.02 Å². The number of anilines is 1. The minimum atomic E-state index is -0.264. The van der Waals surface area contributed by atoms with Crippen molar-refractivity contribution in [3.8, 4) is 0 Å². The van der Waals surface area contributed by atoms with Crippen LogP contribution in [0, 0.1) is 0 Å². The lowest BCUT2D eigenvalue weighted by Gasteiger charge is -2.19. The second kappa shape index (κ2) is 9.09. The fourth-order valence-electron chi connectivity index (χ4n) is 2.82. The molecule has 0 aliphatic heterocycles. The summed E-state index contributed by atoms with van der Waals surface area (Å²) in [4.78, 5) is 28.7. The predicted molar refractivity (Wildman–Crippen MR) is 120 cm³/mol. The molecule has 0 aliphatic rings. The highest BCUT2D eigenvalue weighted by Crippen LogP contribution is 2.22. The fourth-order valence-corrected chi connectivity index (χ4v) is 2.93. The number of amides is 2. The first kappa shape index (κ1) is 21.5. The Balaban J connectivity index is 1.55. The van der Waals surface area contributed by atoms with Gasteiger partial charge in [0.05, 0.1) is 5.02 Å². The number of halogens is 1. The van der Waals surface area contributed by atoms with Gasteiger partial charge in [-0.1, -0.05) is 56.6 Å². The Morgan fingerprint density at radius 2 is 1.47 bits per heavy atom. The van der Waals surface area contributed by atoms with Crippen molar-refractivity contribution in [2.75, 3.05) is 5.32 Å². The van der Waals surface area contributed by atoms with E-state index in [1.165, 1.54) is 11.8 Å². The van der Waals surface area contributed by atoms with E-state index < -0.39 is 0 Å². The molecule has 0 spiro atoms. The van der Waals surface area contributed by atoms with E-state index >= 15 is 0 Å². The zero-order chi connectivity index (χ0) is 21.7. The molecular weight excluding hydrogens is 398 g/mol. The number of nitrogens with zero attached hydrogens (tertiary/aromatic N) is 1. The standard InChI is InChI=1S/C24H24ClN3O2/c1-24(2,3)19-10-8-17(9-11-19)22(29)27-14-16-4-6-18(7-5-16)23(30)28-21-13-12-20(25)15-26-21/h4-13,15H,14H2,1-3H3,(H,27,29)(H,26,28,30). The van der Waals surface area contributed by atoms with Crippen LogP contribution < -0.4 is 10.6 Å². The second-order valence-electron chi connectivity index (χ2n) is 8.02. The van der Waals surface area contributed by atoms with Gasteiger partial charge in [0.15, 0.2) is 0 Å². The van der Waals surface area contributed by atoms with Crippen molar-refractivity contribution in [3.63, 3.8) is 0 Å². The molecule has 0 saturated heterocycles. The highest BCUT2D eigenvalue weighted by atomic mass is 35.5. The van der Waals surface area contributed by atoms with Crippen LogP contribution in [0.5, 0.6) is 0 Å². The van der Waals surface area contributed by atoms with Crippen molar-refractivity contribution < 1.29 is 9.59 Å². The van der Waals surface area contributed by atoms with Crippen LogP contribution in [0.25, 0.3) is 0 Å². The van der Waals surface area contributed by atoms with E-state index in [0.29, 0.717) is 28.5 Å². The van der Waals surface area contributed by atoms with Crippen LogP contribution in [-0.2, 0) is 12.0 Å². The molecule has 1 aromatic heterocycles. The zero-order valence-electron chi connectivity index (χ0n) is 17.2. The Morgan fingerprint density at radius 3 is 2.03 bits per heavy atom. The first-order valence-corrected chi connectivity index (χ1v) is 10.0. The number of benzene rings is 2. The number of carbonyl (C=O) groups excluding carboxylic acids is 2.